The van der Waals surface area contributed by atoms with Crippen LogP contribution in [-0.4, -0.2) is 66.1 Å². The van der Waals surface area contributed by atoms with Gasteiger partial charge in [0, 0.05) is 63.1 Å². The van der Waals surface area contributed by atoms with Crippen LogP contribution in [0.5, 0.6) is 5.75 Å². The lowest BCUT2D eigenvalue weighted by Gasteiger charge is -2.33. The number of aromatic nitrogens is 1. The molecule has 0 atom stereocenters. The molecule has 2 amide bonds. The number of carbonyl (C=O) groups excluding carboxylic acids is 2. The van der Waals surface area contributed by atoms with Gasteiger partial charge in [-0.1, -0.05) is 20.8 Å². The Morgan fingerprint density at radius 3 is 2.39 bits per heavy atom. The zero-order valence-electron chi connectivity index (χ0n) is 18.8. The predicted molar refractivity (Wildman–Crippen MR) is 121 cm³/mol. The van der Waals surface area contributed by atoms with Crippen molar-refractivity contribution in [1.29, 1.82) is 0 Å². The minimum atomic E-state index is -0.341. The highest BCUT2D eigenvalue weighted by Gasteiger charge is 2.22. The quantitative estimate of drug-likeness (QED) is 0.710. The Morgan fingerprint density at radius 1 is 1.06 bits per heavy atom. The van der Waals surface area contributed by atoms with E-state index in [1.165, 1.54) is 5.69 Å². The summed E-state index contributed by atoms with van der Waals surface area (Å²) in [6.45, 7) is 11.0. The third-order valence-corrected chi connectivity index (χ3v) is 5.47. The van der Waals surface area contributed by atoms with E-state index in [-0.39, 0.29) is 17.4 Å². The summed E-state index contributed by atoms with van der Waals surface area (Å²) in [5.41, 5.74) is 1.97. The number of nitrogens with one attached hydrogen (secondary N) is 2. The Morgan fingerprint density at radius 2 is 1.77 bits per heavy atom. The van der Waals surface area contributed by atoms with Crippen LogP contribution in [0.4, 0.5) is 4.79 Å². The van der Waals surface area contributed by atoms with Crippen molar-refractivity contribution >= 4 is 12.0 Å². The van der Waals surface area contributed by atoms with Gasteiger partial charge in [0.25, 0.3) is 5.91 Å². The van der Waals surface area contributed by atoms with Gasteiger partial charge in [0.05, 0.1) is 0 Å². The number of piperazine rings is 1. The summed E-state index contributed by atoms with van der Waals surface area (Å²) < 4.78 is 5.50. The fourth-order valence-electron chi connectivity index (χ4n) is 3.45. The number of nitrogens with zero attached hydrogens (tertiary/aromatic N) is 2. The second-order valence-corrected chi connectivity index (χ2v) is 9.23. The van der Waals surface area contributed by atoms with E-state index in [2.05, 4.69) is 42.0 Å². The first-order chi connectivity index (χ1) is 14.8. The molecule has 0 aliphatic carbocycles. The summed E-state index contributed by atoms with van der Waals surface area (Å²) in [5, 5.41) is 2.93. The van der Waals surface area contributed by atoms with Crippen molar-refractivity contribution in [2.45, 2.75) is 33.6 Å². The van der Waals surface area contributed by atoms with Crippen LogP contribution in [0.15, 0.2) is 42.6 Å². The third kappa shape index (κ3) is 7.43. The first kappa shape index (κ1) is 22.9. The molecule has 1 aromatic heterocycles. The number of ether oxygens (including phenoxy) is 1. The number of hydrogen-bond acceptors (Lipinski definition) is 4. The Balaban J connectivity index is 1.40. The van der Waals surface area contributed by atoms with Gasteiger partial charge in [0.1, 0.15) is 5.75 Å². The van der Waals surface area contributed by atoms with Crippen molar-refractivity contribution in [1.82, 2.24) is 20.1 Å². The van der Waals surface area contributed by atoms with Crippen molar-refractivity contribution in [3.05, 3.63) is 53.9 Å². The minimum absolute atomic E-state index is 0.113. The zero-order valence-corrected chi connectivity index (χ0v) is 18.8. The molecule has 3 rings (SSSR count). The van der Waals surface area contributed by atoms with E-state index >= 15 is 0 Å². The smallest absolute Gasteiger partial charge is 0.410 e. The van der Waals surface area contributed by atoms with Crippen LogP contribution in [0.3, 0.4) is 0 Å². The number of aromatic amines is 1. The van der Waals surface area contributed by atoms with Crippen molar-refractivity contribution in [2.24, 2.45) is 5.41 Å². The van der Waals surface area contributed by atoms with Gasteiger partial charge in [0.2, 0.25) is 0 Å². The third-order valence-electron chi connectivity index (χ3n) is 5.47. The molecule has 1 aromatic carbocycles. The standard InChI is InChI=1S/C24H34N4O3/c1-24(2,3)11-13-26-22(29)19-6-8-21(9-7-19)31-23(30)28-17-15-27(16-18-28)14-10-20-5-4-12-25-20/h4-9,12,25H,10-11,13-18H2,1-3H3,(H,26,29). The molecule has 1 aliphatic rings. The monoisotopic (exact) mass is 426 g/mol. The molecule has 0 saturated carbocycles. The molecule has 1 fully saturated rings. The molecule has 168 valence electrons. The molecule has 1 aliphatic heterocycles. The minimum Gasteiger partial charge on any atom is -0.410 e. The first-order valence-corrected chi connectivity index (χ1v) is 11.0. The topological polar surface area (TPSA) is 77.7 Å². The summed E-state index contributed by atoms with van der Waals surface area (Å²) >= 11 is 0. The molecule has 1 saturated heterocycles. The largest absolute Gasteiger partial charge is 0.415 e. The van der Waals surface area contributed by atoms with Crippen LogP contribution < -0.4 is 10.1 Å². The van der Waals surface area contributed by atoms with Gasteiger partial charge in [-0.05, 0) is 48.2 Å². The predicted octanol–water partition coefficient (Wildman–Crippen LogP) is 3.54. The lowest BCUT2D eigenvalue weighted by atomic mass is 9.92. The van der Waals surface area contributed by atoms with E-state index in [4.69, 9.17) is 4.74 Å². The number of rotatable bonds is 7. The average molecular weight is 427 g/mol. The average Bonchev–Trinajstić information content (AvgIpc) is 3.26. The molecular weight excluding hydrogens is 392 g/mol. The van der Waals surface area contributed by atoms with E-state index in [9.17, 15) is 9.59 Å². The Hall–Kier alpha value is -2.80. The maximum Gasteiger partial charge on any atom is 0.415 e. The summed E-state index contributed by atoms with van der Waals surface area (Å²) in [4.78, 5) is 32.0. The molecule has 0 bridgehead atoms. The molecule has 7 nitrogen and oxygen atoms in total. The molecule has 2 aromatic rings. The molecule has 31 heavy (non-hydrogen) atoms. The summed E-state index contributed by atoms with van der Waals surface area (Å²) in [6, 6.07) is 10.8. The van der Waals surface area contributed by atoms with Crippen LogP contribution in [0.1, 0.15) is 43.2 Å². The lowest BCUT2D eigenvalue weighted by molar-refractivity contribution is 0.0949. The van der Waals surface area contributed by atoms with Crippen LogP contribution >= 0.6 is 0 Å². The fraction of sp³-hybridized carbons (Fsp3) is 0.500. The van der Waals surface area contributed by atoms with Crippen molar-refractivity contribution in [2.75, 3.05) is 39.3 Å². The highest BCUT2D eigenvalue weighted by atomic mass is 16.6. The fourth-order valence-corrected chi connectivity index (χ4v) is 3.45. The van der Waals surface area contributed by atoms with Crippen molar-refractivity contribution in [3.8, 4) is 5.75 Å². The first-order valence-electron chi connectivity index (χ1n) is 11.0. The number of carbonyl (C=O) groups is 2. The van der Waals surface area contributed by atoms with Crippen molar-refractivity contribution in [3.63, 3.8) is 0 Å². The molecule has 0 unspecified atom stereocenters. The van der Waals surface area contributed by atoms with E-state index in [1.54, 1.807) is 29.2 Å². The van der Waals surface area contributed by atoms with Crippen LogP contribution in [0.25, 0.3) is 0 Å². The van der Waals surface area contributed by atoms with Crippen molar-refractivity contribution < 1.29 is 14.3 Å². The number of benzene rings is 1. The molecule has 0 radical (unpaired) electrons. The maximum absolute atomic E-state index is 12.5. The van der Waals surface area contributed by atoms with Gasteiger partial charge in [0.15, 0.2) is 0 Å². The Kier molecular flexibility index (Phi) is 7.74. The van der Waals surface area contributed by atoms with Gasteiger partial charge >= 0.3 is 6.09 Å². The van der Waals surface area contributed by atoms with Gasteiger partial charge in [-0.3, -0.25) is 9.69 Å². The van der Waals surface area contributed by atoms with E-state index in [0.29, 0.717) is 30.9 Å². The van der Waals surface area contributed by atoms with Gasteiger partial charge in [-0.15, -0.1) is 0 Å². The second kappa shape index (κ2) is 10.5. The highest BCUT2D eigenvalue weighted by molar-refractivity contribution is 5.94. The number of hydrogen-bond donors (Lipinski definition) is 2. The summed E-state index contributed by atoms with van der Waals surface area (Å²) in [7, 11) is 0. The van der Waals surface area contributed by atoms with Crippen LogP contribution in [-0.2, 0) is 6.42 Å². The SMILES string of the molecule is CC(C)(C)CCNC(=O)c1ccc(OC(=O)N2CCN(CCc3ccc[nH]3)CC2)cc1. The normalized spacial score (nSPS) is 15.0. The summed E-state index contributed by atoms with van der Waals surface area (Å²) in [5.74, 6) is 0.336. The Bertz CT molecular complexity index is 833. The highest BCUT2D eigenvalue weighted by Crippen LogP contribution is 2.18. The van der Waals surface area contributed by atoms with E-state index in [0.717, 1.165) is 32.5 Å². The van der Waals surface area contributed by atoms with Gasteiger partial charge < -0.3 is 19.9 Å². The number of amides is 2. The summed E-state index contributed by atoms with van der Waals surface area (Å²) in [6.07, 6.45) is 3.49. The van der Waals surface area contributed by atoms with E-state index in [1.807, 2.05) is 12.3 Å². The molecule has 2 heterocycles. The molecule has 2 N–H and O–H groups in total. The molecular formula is C24H34N4O3. The van der Waals surface area contributed by atoms with Crippen LogP contribution in [0, 0.1) is 5.41 Å². The lowest BCUT2D eigenvalue weighted by Crippen LogP contribution is -2.49. The maximum atomic E-state index is 12.5. The van der Waals surface area contributed by atoms with Gasteiger partial charge in [-0.2, -0.15) is 0 Å². The van der Waals surface area contributed by atoms with E-state index < -0.39 is 0 Å². The van der Waals surface area contributed by atoms with Gasteiger partial charge in [-0.25, -0.2) is 4.79 Å². The molecule has 7 heteroatoms. The number of H-pyrrole nitrogens is 1. The second-order valence-electron chi connectivity index (χ2n) is 9.23. The molecule has 0 spiro atoms. The Labute approximate surface area is 184 Å². The zero-order chi connectivity index (χ0) is 22.3. The van der Waals surface area contributed by atoms with Crippen LogP contribution in [0.2, 0.25) is 0 Å².